The minimum Gasteiger partial charge on any atom is -0.439 e. The van der Waals surface area contributed by atoms with Gasteiger partial charge in [0.25, 0.3) is 0 Å². The van der Waals surface area contributed by atoms with Gasteiger partial charge in [-0.1, -0.05) is 29.8 Å². The van der Waals surface area contributed by atoms with Crippen molar-refractivity contribution < 1.29 is 9.13 Å². The highest BCUT2D eigenvalue weighted by Gasteiger charge is 2.13. The van der Waals surface area contributed by atoms with Gasteiger partial charge in [0.05, 0.1) is 6.54 Å². The second-order valence-corrected chi connectivity index (χ2v) is 7.44. The normalized spacial score (nSPS) is 10.8. The van der Waals surface area contributed by atoms with Gasteiger partial charge in [-0.15, -0.1) is 0 Å². The summed E-state index contributed by atoms with van der Waals surface area (Å²) in [5, 5.41) is 3.60. The summed E-state index contributed by atoms with van der Waals surface area (Å²) >= 11 is 5.95. The average molecular weight is 468 g/mol. The number of ether oxygens (including phenoxy) is 1. The van der Waals surface area contributed by atoms with E-state index in [0.29, 0.717) is 16.5 Å². The second kappa shape index (κ2) is 9.66. The highest BCUT2D eigenvalue weighted by Crippen LogP contribution is 2.23. The summed E-state index contributed by atoms with van der Waals surface area (Å²) in [4.78, 5) is 33.0. The van der Waals surface area contributed by atoms with Crippen LogP contribution in [0.25, 0.3) is 0 Å². The van der Waals surface area contributed by atoms with E-state index in [1.54, 1.807) is 55.5 Å². The molecule has 10 heteroatoms. The number of aromatic nitrogens is 4. The molecule has 0 radical (unpaired) electrons. The first-order chi connectivity index (χ1) is 15.9. The van der Waals surface area contributed by atoms with Crippen LogP contribution in [0, 0.1) is 5.95 Å². The van der Waals surface area contributed by atoms with Gasteiger partial charge in [-0.2, -0.15) is 14.4 Å². The van der Waals surface area contributed by atoms with Crippen LogP contribution in [-0.4, -0.2) is 19.1 Å². The molecule has 2 aromatic heterocycles. The molecule has 0 aliphatic rings. The molecule has 2 heterocycles. The van der Waals surface area contributed by atoms with Crippen molar-refractivity contribution in [3.8, 4) is 11.6 Å². The fraction of sp³-hybridized carbons (Fsp3) is 0.130. The highest BCUT2D eigenvalue weighted by molar-refractivity contribution is 6.30. The third-order valence-electron chi connectivity index (χ3n) is 4.74. The van der Waals surface area contributed by atoms with Gasteiger partial charge < -0.3 is 10.1 Å². The number of halogens is 2. The number of nitrogens with zero attached hydrogens (tertiary/aromatic N) is 4. The molecule has 0 aliphatic heterocycles. The molecule has 168 valence electrons. The lowest BCUT2D eigenvalue weighted by atomic mass is 10.2. The van der Waals surface area contributed by atoms with E-state index in [0.717, 1.165) is 10.1 Å². The van der Waals surface area contributed by atoms with E-state index < -0.39 is 17.3 Å². The quantitative estimate of drug-likeness (QED) is 0.410. The molecule has 4 aromatic rings. The summed E-state index contributed by atoms with van der Waals surface area (Å²) in [6.45, 7) is 2.10. The van der Waals surface area contributed by atoms with Crippen LogP contribution in [0.2, 0.25) is 5.02 Å². The maximum Gasteiger partial charge on any atom is 0.354 e. The van der Waals surface area contributed by atoms with Crippen LogP contribution >= 0.6 is 11.6 Å². The number of pyridine rings is 1. The Morgan fingerprint density at radius 3 is 2.36 bits per heavy atom. The van der Waals surface area contributed by atoms with Crippen LogP contribution in [0.1, 0.15) is 12.5 Å². The number of nitrogens with one attached hydrogen (secondary N) is 1. The van der Waals surface area contributed by atoms with E-state index in [9.17, 15) is 14.0 Å². The first-order valence-electron chi connectivity index (χ1n) is 10.1. The molecule has 0 atom stereocenters. The molecule has 2 aromatic carbocycles. The highest BCUT2D eigenvalue weighted by atomic mass is 35.5. The zero-order valence-corrected chi connectivity index (χ0v) is 18.3. The number of hydrogen-bond donors (Lipinski definition) is 1. The predicted molar refractivity (Wildman–Crippen MR) is 123 cm³/mol. The Morgan fingerprint density at radius 1 is 0.970 bits per heavy atom. The lowest BCUT2D eigenvalue weighted by molar-refractivity contribution is 0.445. The maximum absolute atomic E-state index is 13.2. The summed E-state index contributed by atoms with van der Waals surface area (Å²) in [5.41, 5.74) is 0.264. The second-order valence-electron chi connectivity index (χ2n) is 7.01. The Bertz CT molecular complexity index is 1390. The molecule has 0 fully saturated rings. The maximum atomic E-state index is 13.2. The summed E-state index contributed by atoms with van der Waals surface area (Å²) in [5.74, 6) is 0.0198. The number of benzene rings is 2. The van der Waals surface area contributed by atoms with Crippen molar-refractivity contribution in [1.82, 2.24) is 19.1 Å². The van der Waals surface area contributed by atoms with Gasteiger partial charge in [0.2, 0.25) is 17.8 Å². The lowest BCUT2D eigenvalue weighted by Crippen LogP contribution is -2.42. The number of hydrogen-bond acceptors (Lipinski definition) is 6. The van der Waals surface area contributed by atoms with Gasteiger partial charge in [-0.05, 0) is 55.0 Å². The Morgan fingerprint density at radius 2 is 1.70 bits per heavy atom. The van der Waals surface area contributed by atoms with Crippen LogP contribution in [0.15, 0.2) is 76.3 Å². The minimum atomic E-state index is -0.644. The van der Waals surface area contributed by atoms with E-state index >= 15 is 0 Å². The van der Waals surface area contributed by atoms with Gasteiger partial charge in [-0.3, -0.25) is 4.57 Å². The van der Waals surface area contributed by atoms with Crippen molar-refractivity contribution in [3.05, 3.63) is 104 Å². The Labute approximate surface area is 192 Å². The standard InChI is InChI=1S/C23H19ClFN5O3/c1-2-29-22(31)28-21(30(23(29)32)14-15-6-8-16(24)9-7-15)26-17-10-12-18(13-11-17)33-20-5-3-4-19(25)27-20/h3-13H,2,14H2,1H3,(H,26,28,31). The van der Waals surface area contributed by atoms with Crippen molar-refractivity contribution in [2.24, 2.45) is 0 Å². The smallest absolute Gasteiger partial charge is 0.354 e. The molecule has 0 saturated carbocycles. The van der Waals surface area contributed by atoms with Gasteiger partial charge in [0, 0.05) is 23.3 Å². The molecule has 33 heavy (non-hydrogen) atoms. The largest absolute Gasteiger partial charge is 0.439 e. The topological polar surface area (TPSA) is 91.0 Å². The molecule has 0 unspecified atom stereocenters. The Hall–Kier alpha value is -3.98. The third-order valence-corrected chi connectivity index (χ3v) is 4.99. The fourth-order valence-electron chi connectivity index (χ4n) is 3.11. The van der Waals surface area contributed by atoms with E-state index in [-0.39, 0.29) is 24.9 Å². The lowest BCUT2D eigenvalue weighted by Gasteiger charge is -2.15. The van der Waals surface area contributed by atoms with E-state index in [2.05, 4.69) is 15.3 Å². The monoisotopic (exact) mass is 467 g/mol. The van der Waals surface area contributed by atoms with Crippen LogP contribution in [0.4, 0.5) is 16.0 Å². The average Bonchev–Trinajstić information content (AvgIpc) is 2.79. The first-order valence-corrected chi connectivity index (χ1v) is 10.4. The molecule has 0 spiro atoms. The molecular formula is C23H19ClFN5O3. The van der Waals surface area contributed by atoms with Gasteiger partial charge in [-0.25, -0.2) is 14.2 Å². The molecule has 0 aliphatic carbocycles. The summed E-state index contributed by atoms with van der Waals surface area (Å²) < 4.78 is 21.2. The van der Waals surface area contributed by atoms with Crippen LogP contribution in [0.5, 0.6) is 11.6 Å². The van der Waals surface area contributed by atoms with Crippen LogP contribution in [-0.2, 0) is 13.1 Å². The Kier molecular flexibility index (Phi) is 6.50. The molecule has 0 bridgehead atoms. The summed E-state index contributed by atoms with van der Waals surface area (Å²) in [7, 11) is 0. The first kappa shape index (κ1) is 22.2. The minimum absolute atomic E-state index is 0.102. The van der Waals surface area contributed by atoms with E-state index in [1.807, 2.05) is 0 Å². The number of rotatable bonds is 7. The molecule has 0 amide bonds. The molecule has 0 saturated heterocycles. The predicted octanol–water partition coefficient (Wildman–Crippen LogP) is 4.20. The fourth-order valence-corrected chi connectivity index (χ4v) is 3.24. The SMILES string of the molecule is CCn1c(=O)nc(Nc2ccc(Oc3cccc(F)n3)cc2)n(Cc2ccc(Cl)cc2)c1=O. The zero-order chi connectivity index (χ0) is 23.4. The molecule has 8 nitrogen and oxygen atoms in total. The van der Waals surface area contributed by atoms with Crippen molar-refractivity contribution in [2.75, 3.05) is 5.32 Å². The van der Waals surface area contributed by atoms with E-state index in [4.69, 9.17) is 16.3 Å². The number of anilines is 2. The zero-order valence-electron chi connectivity index (χ0n) is 17.5. The van der Waals surface area contributed by atoms with Crippen molar-refractivity contribution >= 4 is 23.2 Å². The van der Waals surface area contributed by atoms with Gasteiger partial charge in [0.15, 0.2) is 0 Å². The third kappa shape index (κ3) is 5.27. The summed E-state index contributed by atoms with van der Waals surface area (Å²) in [6, 6.07) is 18.0. The van der Waals surface area contributed by atoms with Crippen LogP contribution in [0.3, 0.4) is 0 Å². The molecular weight excluding hydrogens is 449 g/mol. The van der Waals surface area contributed by atoms with Gasteiger partial charge >= 0.3 is 11.4 Å². The van der Waals surface area contributed by atoms with Crippen molar-refractivity contribution in [3.63, 3.8) is 0 Å². The van der Waals surface area contributed by atoms with Crippen LogP contribution < -0.4 is 21.4 Å². The van der Waals surface area contributed by atoms with Crippen molar-refractivity contribution in [2.45, 2.75) is 20.0 Å². The van der Waals surface area contributed by atoms with E-state index in [1.165, 1.54) is 22.8 Å². The Balaban J connectivity index is 1.62. The van der Waals surface area contributed by atoms with Crippen molar-refractivity contribution in [1.29, 1.82) is 0 Å². The van der Waals surface area contributed by atoms with Gasteiger partial charge in [0.1, 0.15) is 5.75 Å². The summed E-state index contributed by atoms with van der Waals surface area (Å²) in [6.07, 6.45) is 0. The molecule has 4 rings (SSSR count). The molecule has 1 N–H and O–H groups in total.